The second-order valence-corrected chi connectivity index (χ2v) is 3.87. The Hall–Kier alpha value is -3.03. The minimum Gasteiger partial charge on any atom is -0.478 e. The molecule has 1 heterocycles. The smallest absolute Gasteiger partial charge is 0.338 e. The zero-order valence-electron chi connectivity index (χ0n) is 10.3. The highest BCUT2D eigenvalue weighted by Crippen LogP contribution is 2.27. The lowest BCUT2D eigenvalue weighted by molar-refractivity contribution is -0.384. The molecule has 0 amide bonds. The van der Waals surface area contributed by atoms with E-state index in [-0.39, 0.29) is 23.0 Å². The summed E-state index contributed by atoms with van der Waals surface area (Å²) < 4.78 is 5.32. The van der Waals surface area contributed by atoms with Crippen LogP contribution in [0.15, 0.2) is 30.6 Å². The van der Waals surface area contributed by atoms with Gasteiger partial charge in [-0.1, -0.05) is 0 Å². The molecular weight excluding hydrogens is 266 g/mol. The van der Waals surface area contributed by atoms with Crippen molar-refractivity contribution >= 4 is 11.7 Å². The summed E-state index contributed by atoms with van der Waals surface area (Å²) >= 11 is 0. The average molecular weight is 275 g/mol. The van der Waals surface area contributed by atoms with Crippen molar-refractivity contribution in [2.24, 2.45) is 0 Å². The van der Waals surface area contributed by atoms with Gasteiger partial charge in [0.2, 0.25) is 0 Å². The van der Waals surface area contributed by atoms with Gasteiger partial charge in [-0.15, -0.1) is 0 Å². The van der Waals surface area contributed by atoms with Gasteiger partial charge in [0.25, 0.3) is 5.69 Å². The fraction of sp³-hybridized carbons (Fsp3) is 0.0833. The highest BCUT2D eigenvalue weighted by molar-refractivity contribution is 5.86. The van der Waals surface area contributed by atoms with E-state index in [1.54, 1.807) is 13.0 Å². The van der Waals surface area contributed by atoms with Crippen LogP contribution in [0.3, 0.4) is 0 Å². The van der Waals surface area contributed by atoms with Crippen molar-refractivity contribution in [2.75, 3.05) is 0 Å². The molecule has 1 aromatic heterocycles. The molecule has 0 saturated heterocycles. The maximum atomic E-state index is 10.7. The van der Waals surface area contributed by atoms with Crippen molar-refractivity contribution < 1.29 is 19.6 Å². The first kappa shape index (κ1) is 13.4. The number of hydrogen-bond donors (Lipinski definition) is 1. The number of carboxylic acid groups (broad SMARTS) is 1. The van der Waals surface area contributed by atoms with E-state index >= 15 is 0 Å². The Morgan fingerprint density at radius 3 is 2.55 bits per heavy atom. The summed E-state index contributed by atoms with van der Waals surface area (Å²) in [5, 5.41) is 19.4. The van der Waals surface area contributed by atoms with E-state index in [1.165, 1.54) is 12.1 Å². The number of benzene rings is 1. The van der Waals surface area contributed by atoms with Crippen molar-refractivity contribution in [1.29, 1.82) is 0 Å². The van der Waals surface area contributed by atoms with Crippen LogP contribution in [0.5, 0.6) is 11.8 Å². The fourth-order valence-electron chi connectivity index (χ4n) is 1.39. The Bertz CT molecular complexity index is 669. The van der Waals surface area contributed by atoms with Gasteiger partial charge in [-0.05, 0) is 18.6 Å². The lowest BCUT2D eigenvalue weighted by Crippen LogP contribution is -2.00. The van der Waals surface area contributed by atoms with Gasteiger partial charge in [0, 0.05) is 18.5 Å². The molecule has 20 heavy (non-hydrogen) atoms. The number of hydrogen-bond acceptors (Lipinski definition) is 6. The molecule has 0 radical (unpaired) electrons. The first-order valence-corrected chi connectivity index (χ1v) is 5.45. The molecular formula is C12H9N3O5. The molecule has 0 fully saturated rings. The van der Waals surface area contributed by atoms with E-state index in [0.29, 0.717) is 5.56 Å². The molecule has 8 nitrogen and oxygen atoms in total. The van der Waals surface area contributed by atoms with E-state index in [4.69, 9.17) is 9.84 Å². The Kier molecular flexibility index (Phi) is 3.56. The maximum absolute atomic E-state index is 10.7. The molecule has 8 heteroatoms. The summed E-state index contributed by atoms with van der Waals surface area (Å²) in [6.45, 7) is 1.71. The molecule has 0 aliphatic rings. The normalized spacial score (nSPS) is 10.1. The van der Waals surface area contributed by atoms with Gasteiger partial charge in [0.15, 0.2) is 0 Å². The summed E-state index contributed by atoms with van der Waals surface area (Å²) in [6.07, 6.45) is 2.19. The van der Waals surface area contributed by atoms with Gasteiger partial charge in [-0.25, -0.2) is 14.8 Å². The topological polar surface area (TPSA) is 115 Å². The van der Waals surface area contributed by atoms with Crippen LogP contribution in [-0.4, -0.2) is 26.0 Å². The molecule has 2 rings (SSSR count). The predicted octanol–water partition coefficient (Wildman–Crippen LogP) is 2.18. The molecule has 0 atom stereocenters. The van der Waals surface area contributed by atoms with E-state index in [2.05, 4.69) is 9.97 Å². The fourth-order valence-corrected chi connectivity index (χ4v) is 1.39. The summed E-state index contributed by atoms with van der Waals surface area (Å²) in [4.78, 5) is 28.3. The van der Waals surface area contributed by atoms with Gasteiger partial charge in [-0.2, -0.15) is 0 Å². The average Bonchev–Trinajstić information content (AvgIpc) is 2.41. The molecule has 0 aliphatic heterocycles. The molecule has 1 aromatic carbocycles. The predicted molar refractivity (Wildman–Crippen MR) is 66.9 cm³/mol. The van der Waals surface area contributed by atoms with Crippen molar-refractivity contribution in [3.63, 3.8) is 0 Å². The molecule has 0 unspecified atom stereocenters. The highest BCUT2D eigenvalue weighted by atomic mass is 16.6. The molecule has 0 aliphatic carbocycles. The molecule has 0 saturated carbocycles. The molecule has 1 N–H and O–H groups in total. The number of aryl methyl sites for hydroxylation is 1. The number of carboxylic acids is 1. The van der Waals surface area contributed by atoms with Crippen LogP contribution in [0.4, 0.5) is 5.69 Å². The summed E-state index contributed by atoms with van der Waals surface area (Å²) in [5.41, 5.74) is 0.474. The van der Waals surface area contributed by atoms with E-state index in [9.17, 15) is 14.9 Å². The van der Waals surface area contributed by atoms with Crippen LogP contribution in [0, 0.1) is 17.0 Å². The Morgan fingerprint density at radius 2 is 2.00 bits per heavy atom. The number of carbonyl (C=O) groups is 1. The maximum Gasteiger partial charge on any atom is 0.338 e. The number of nitro benzene ring substituents is 1. The summed E-state index contributed by atoms with van der Waals surface area (Å²) in [6, 6.07) is 4.07. The zero-order chi connectivity index (χ0) is 14.7. The Morgan fingerprint density at radius 1 is 1.35 bits per heavy atom. The SMILES string of the molecule is Cc1ccc([N+](=O)[O-])cc1Oc1ncc(C(=O)O)cn1. The van der Waals surface area contributed by atoms with Gasteiger partial charge in [0.05, 0.1) is 16.6 Å². The Balaban J connectivity index is 2.27. The number of rotatable bonds is 4. The standard InChI is InChI=1S/C12H9N3O5/c1-7-2-3-9(15(18)19)4-10(7)20-12-13-5-8(6-14-12)11(16)17/h2-6H,1H3,(H,16,17). The minimum atomic E-state index is -1.15. The van der Waals surface area contributed by atoms with Gasteiger partial charge < -0.3 is 9.84 Å². The third kappa shape index (κ3) is 2.86. The highest BCUT2D eigenvalue weighted by Gasteiger charge is 2.12. The number of nitro groups is 1. The first-order chi connectivity index (χ1) is 9.47. The van der Waals surface area contributed by atoms with Crippen molar-refractivity contribution in [2.45, 2.75) is 6.92 Å². The lowest BCUT2D eigenvalue weighted by Gasteiger charge is -2.06. The number of non-ortho nitro benzene ring substituents is 1. The third-order valence-corrected chi connectivity index (χ3v) is 2.46. The van der Waals surface area contributed by atoms with E-state index in [0.717, 1.165) is 12.4 Å². The Labute approximate surface area is 112 Å². The zero-order valence-corrected chi connectivity index (χ0v) is 10.3. The van der Waals surface area contributed by atoms with Crippen molar-refractivity contribution in [1.82, 2.24) is 9.97 Å². The monoisotopic (exact) mass is 275 g/mol. The van der Waals surface area contributed by atoms with Gasteiger partial charge in [-0.3, -0.25) is 10.1 Å². The quantitative estimate of drug-likeness (QED) is 0.671. The van der Waals surface area contributed by atoms with E-state index in [1.807, 2.05) is 0 Å². The number of aromatic carboxylic acids is 1. The van der Waals surface area contributed by atoms with Gasteiger partial charge >= 0.3 is 12.0 Å². The largest absolute Gasteiger partial charge is 0.478 e. The minimum absolute atomic E-state index is 0.0758. The third-order valence-electron chi connectivity index (χ3n) is 2.46. The second kappa shape index (κ2) is 5.31. The van der Waals surface area contributed by atoms with Crippen LogP contribution in [-0.2, 0) is 0 Å². The molecule has 102 valence electrons. The number of nitrogens with zero attached hydrogens (tertiary/aromatic N) is 3. The van der Waals surface area contributed by atoms with Crippen LogP contribution < -0.4 is 4.74 Å². The van der Waals surface area contributed by atoms with Crippen molar-refractivity contribution in [3.8, 4) is 11.8 Å². The summed E-state index contributed by atoms with van der Waals surface area (Å²) in [5.74, 6) is -0.912. The molecule has 0 spiro atoms. The van der Waals surface area contributed by atoms with Crippen LogP contribution in [0.1, 0.15) is 15.9 Å². The second-order valence-electron chi connectivity index (χ2n) is 3.87. The molecule has 0 bridgehead atoms. The van der Waals surface area contributed by atoms with E-state index < -0.39 is 10.9 Å². The van der Waals surface area contributed by atoms with Crippen molar-refractivity contribution in [3.05, 3.63) is 51.8 Å². The van der Waals surface area contributed by atoms with Gasteiger partial charge in [0.1, 0.15) is 5.75 Å². The molecule has 2 aromatic rings. The number of aromatic nitrogens is 2. The van der Waals surface area contributed by atoms with Crippen LogP contribution in [0.2, 0.25) is 0 Å². The summed E-state index contributed by atoms with van der Waals surface area (Å²) in [7, 11) is 0. The lowest BCUT2D eigenvalue weighted by atomic mass is 10.2. The first-order valence-electron chi connectivity index (χ1n) is 5.45. The van der Waals surface area contributed by atoms with Crippen LogP contribution in [0.25, 0.3) is 0 Å². The van der Waals surface area contributed by atoms with Crippen LogP contribution >= 0.6 is 0 Å². The number of ether oxygens (including phenoxy) is 1.